The summed E-state index contributed by atoms with van der Waals surface area (Å²) in [6.45, 7) is 4.09. The summed E-state index contributed by atoms with van der Waals surface area (Å²) in [6, 6.07) is 10.1. The Kier molecular flexibility index (Phi) is 5.02. The predicted octanol–water partition coefficient (Wildman–Crippen LogP) is 3.89. The summed E-state index contributed by atoms with van der Waals surface area (Å²) in [5, 5.41) is 10.8. The number of fused-ring (bicyclic) bond motifs is 2. The van der Waals surface area contributed by atoms with Crippen LogP contribution in [0.25, 0.3) is 11.4 Å². The highest BCUT2D eigenvalue weighted by atomic mass is 32.2. The van der Waals surface area contributed by atoms with Crippen LogP contribution in [0.15, 0.2) is 35.5 Å². The Balaban J connectivity index is 1.32. The largest absolute Gasteiger partial charge is 0.352 e. The first-order valence-corrected chi connectivity index (χ1v) is 10.4. The van der Waals surface area contributed by atoms with Crippen molar-refractivity contribution in [1.82, 2.24) is 20.5 Å². The number of thioether (sulfide) groups is 1. The van der Waals surface area contributed by atoms with Gasteiger partial charge in [0.05, 0.1) is 5.25 Å². The van der Waals surface area contributed by atoms with Gasteiger partial charge in [0.2, 0.25) is 11.1 Å². The SMILES string of the molecule is CC(Sc1n[nH]c(-c2ccccc2)n1)C(=O)NC(C)C1CC2CCC1C2. The summed E-state index contributed by atoms with van der Waals surface area (Å²) in [6.07, 6.45) is 5.39. The van der Waals surface area contributed by atoms with Crippen LogP contribution >= 0.6 is 11.8 Å². The average Bonchev–Trinajstić information content (AvgIpc) is 3.39. The average molecular weight is 371 g/mol. The van der Waals surface area contributed by atoms with E-state index in [9.17, 15) is 4.79 Å². The molecule has 1 aromatic carbocycles. The molecule has 5 atom stereocenters. The molecule has 2 aromatic rings. The van der Waals surface area contributed by atoms with Crippen LogP contribution in [0.2, 0.25) is 0 Å². The smallest absolute Gasteiger partial charge is 0.233 e. The molecular formula is C20H26N4OS. The van der Waals surface area contributed by atoms with Crippen molar-refractivity contribution in [1.29, 1.82) is 0 Å². The summed E-state index contributed by atoms with van der Waals surface area (Å²) in [7, 11) is 0. The number of benzene rings is 1. The molecule has 4 rings (SSSR count). The van der Waals surface area contributed by atoms with E-state index in [1.807, 2.05) is 37.3 Å². The second-order valence-electron chi connectivity index (χ2n) is 7.73. The van der Waals surface area contributed by atoms with Crippen molar-refractivity contribution >= 4 is 17.7 Å². The number of nitrogens with zero attached hydrogens (tertiary/aromatic N) is 2. The van der Waals surface area contributed by atoms with E-state index in [0.717, 1.165) is 23.2 Å². The molecule has 2 fully saturated rings. The standard InChI is InChI=1S/C20H26N4OS/c1-12(17-11-14-8-9-16(17)10-14)21-19(25)13(2)26-20-22-18(23-24-20)15-6-4-3-5-7-15/h3-7,12-14,16-17H,8-11H2,1-2H3,(H,21,25)(H,22,23,24). The normalized spacial score (nSPS) is 26.6. The van der Waals surface area contributed by atoms with Gasteiger partial charge in [0.15, 0.2) is 5.82 Å². The Morgan fingerprint density at radius 1 is 1.23 bits per heavy atom. The third-order valence-electron chi connectivity index (χ3n) is 5.97. The summed E-state index contributed by atoms with van der Waals surface area (Å²) < 4.78 is 0. The van der Waals surface area contributed by atoms with E-state index in [2.05, 4.69) is 27.4 Å². The number of rotatable bonds is 6. The number of aromatic nitrogens is 3. The minimum atomic E-state index is -0.213. The van der Waals surface area contributed by atoms with Crippen molar-refractivity contribution < 1.29 is 4.79 Å². The summed E-state index contributed by atoms with van der Waals surface area (Å²) in [5.74, 6) is 3.19. The fourth-order valence-corrected chi connectivity index (χ4v) is 5.32. The van der Waals surface area contributed by atoms with Crippen molar-refractivity contribution in [2.75, 3.05) is 0 Å². The van der Waals surface area contributed by atoms with Crippen molar-refractivity contribution in [3.05, 3.63) is 30.3 Å². The number of H-pyrrole nitrogens is 1. The van der Waals surface area contributed by atoms with Crippen molar-refractivity contribution in [2.45, 2.75) is 56.0 Å². The molecule has 138 valence electrons. The number of amides is 1. The Hall–Kier alpha value is -1.82. The summed E-state index contributed by atoms with van der Waals surface area (Å²) in [4.78, 5) is 17.1. The molecule has 5 nitrogen and oxygen atoms in total. The van der Waals surface area contributed by atoms with Crippen molar-refractivity contribution in [3.63, 3.8) is 0 Å². The van der Waals surface area contributed by atoms with Gasteiger partial charge in [-0.05, 0) is 50.9 Å². The van der Waals surface area contributed by atoms with Gasteiger partial charge in [-0.25, -0.2) is 4.98 Å². The topological polar surface area (TPSA) is 70.7 Å². The molecular weight excluding hydrogens is 344 g/mol. The summed E-state index contributed by atoms with van der Waals surface area (Å²) >= 11 is 1.40. The van der Waals surface area contributed by atoms with Crippen molar-refractivity contribution in [3.8, 4) is 11.4 Å². The highest BCUT2D eigenvalue weighted by Gasteiger charge is 2.42. The van der Waals surface area contributed by atoms with Gasteiger partial charge >= 0.3 is 0 Å². The molecule has 0 spiro atoms. The first-order valence-electron chi connectivity index (χ1n) is 9.55. The molecule has 1 aromatic heterocycles. The van der Waals surface area contributed by atoms with Gasteiger partial charge in [0.1, 0.15) is 0 Å². The van der Waals surface area contributed by atoms with Crippen LogP contribution in [0.3, 0.4) is 0 Å². The van der Waals surface area contributed by atoms with E-state index < -0.39 is 0 Å². The molecule has 6 heteroatoms. The lowest BCUT2D eigenvalue weighted by Gasteiger charge is -2.29. The fourth-order valence-electron chi connectivity index (χ4n) is 4.59. The fraction of sp³-hybridized carbons (Fsp3) is 0.550. The molecule has 26 heavy (non-hydrogen) atoms. The highest BCUT2D eigenvalue weighted by Crippen LogP contribution is 2.49. The van der Waals surface area contributed by atoms with E-state index in [-0.39, 0.29) is 17.2 Å². The van der Waals surface area contributed by atoms with E-state index in [0.29, 0.717) is 11.1 Å². The Morgan fingerprint density at radius 2 is 2.04 bits per heavy atom. The molecule has 2 aliphatic carbocycles. The lowest BCUT2D eigenvalue weighted by Crippen LogP contribution is -2.43. The number of nitrogens with one attached hydrogen (secondary N) is 2. The van der Waals surface area contributed by atoms with E-state index in [1.165, 1.54) is 37.4 Å². The third-order valence-corrected chi connectivity index (χ3v) is 6.93. The van der Waals surface area contributed by atoms with Gasteiger partial charge in [0.25, 0.3) is 0 Å². The highest BCUT2D eigenvalue weighted by molar-refractivity contribution is 8.00. The number of hydrogen-bond acceptors (Lipinski definition) is 4. The molecule has 5 unspecified atom stereocenters. The monoisotopic (exact) mass is 370 g/mol. The first kappa shape index (κ1) is 17.6. The lowest BCUT2D eigenvalue weighted by atomic mass is 9.84. The first-order chi connectivity index (χ1) is 12.6. The maximum absolute atomic E-state index is 12.6. The Bertz CT molecular complexity index is 762. The zero-order valence-electron chi connectivity index (χ0n) is 15.3. The number of hydrogen-bond donors (Lipinski definition) is 2. The predicted molar refractivity (Wildman–Crippen MR) is 104 cm³/mol. The Labute approximate surface area is 158 Å². The lowest BCUT2D eigenvalue weighted by molar-refractivity contribution is -0.121. The number of carbonyl (C=O) groups excluding carboxylic acids is 1. The van der Waals surface area contributed by atoms with Gasteiger partial charge in [-0.1, -0.05) is 48.5 Å². The van der Waals surface area contributed by atoms with Gasteiger partial charge in [-0.15, -0.1) is 5.10 Å². The quantitative estimate of drug-likeness (QED) is 0.757. The molecule has 2 saturated carbocycles. The molecule has 0 aliphatic heterocycles. The zero-order valence-corrected chi connectivity index (χ0v) is 16.1. The van der Waals surface area contributed by atoms with Crippen molar-refractivity contribution in [2.24, 2.45) is 17.8 Å². The second-order valence-corrected chi connectivity index (χ2v) is 9.04. The van der Waals surface area contributed by atoms with E-state index in [1.54, 1.807) is 0 Å². The zero-order chi connectivity index (χ0) is 18.1. The van der Waals surface area contributed by atoms with E-state index >= 15 is 0 Å². The second kappa shape index (κ2) is 7.43. The number of aromatic amines is 1. The molecule has 2 bridgehead atoms. The van der Waals surface area contributed by atoms with Crippen LogP contribution in [-0.2, 0) is 4.79 Å². The molecule has 1 heterocycles. The van der Waals surface area contributed by atoms with Crippen LogP contribution in [-0.4, -0.2) is 32.4 Å². The summed E-state index contributed by atoms with van der Waals surface area (Å²) in [5.41, 5.74) is 0.994. The van der Waals surface area contributed by atoms with Crippen LogP contribution < -0.4 is 5.32 Å². The maximum atomic E-state index is 12.6. The molecule has 2 aliphatic rings. The molecule has 0 saturated heterocycles. The van der Waals surface area contributed by atoms with Crippen LogP contribution in [0, 0.1) is 17.8 Å². The van der Waals surface area contributed by atoms with Gasteiger partial charge in [-0.2, -0.15) is 0 Å². The van der Waals surface area contributed by atoms with Gasteiger partial charge in [-0.3, -0.25) is 9.89 Å². The molecule has 1 amide bonds. The van der Waals surface area contributed by atoms with Crippen LogP contribution in [0.4, 0.5) is 0 Å². The third kappa shape index (κ3) is 3.65. The minimum Gasteiger partial charge on any atom is -0.352 e. The molecule has 0 radical (unpaired) electrons. The number of carbonyl (C=O) groups is 1. The van der Waals surface area contributed by atoms with Gasteiger partial charge in [0, 0.05) is 11.6 Å². The van der Waals surface area contributed by atoms with Crippen LogP contribution in [0.1, 0.15) is 39.5 Å². The Morgan fingerprint density at radius 3 is 2.73 bits per heavy atom. The molecule has 2 N–H and O–H groups in total. The van der Waals surface area contributed by atoms with Crippen LogP contribution in [0.5, 0.6) is 0 Å². The van der Waals surface area contributed by atoms with E-state index in [4.69, 9.17) is 0 Å². The maximum Gasteiger partial charge on any atom is 0.233 e. The minimum absolute atomic E-state index is 0.0799. The van der Waals surface area contributed by atoms with Gasteiger partial charge < -0.3 is 5.32 Å².